The summed E-state index contributed by atoms with van der Waals surface area (Å²) in [4.78, 5) is 4.00. The van der Waals surface area contributed by atoms with Gasteiger partial charge in [0, 0.05) is 31.9 Å². The van der Waals surface area contributed by atoms with E-state index in [4.69, 9.17) is 5.26 Å². The zero-order valence-corrected chi connectivity index (χ0v) is 12.2. The summed E-state index contributed by atoms with van der Waals surface area (Å²) in [5.74, 6) is 0.321. The zero-order chi connectivity index (χ0) is 14.4. The Morgan fingerprint density at radius 1 is 1.40 bits per heavy atom. The largest absolute Gasteiger partial charge is 0.265 e. The fraction of sp³-hybridized carbons (Fsp3) is 0.571. The van der Waals surface area contributed by atoms with Gasteiger partial charge in [0.2, 0.25) is 10.0 Å². The van der Waals surface area contributed by atoms with Crippen LogP contribution in [0.2, 0.25) is 0 Å². The van der Waals surface area contributed by atoms with Crippen LogP contribution in [0.25, 0.3) is 0 Å². The van der Waals surface area contributed by atoms with E-state index in [0.29, 0.717) is 25.9 Å². The van der Waals surface area contributed by atoms with E-state index in [2.05, 4.69) is 4.98 Å². The molecule has 1 atom stereocenters. The summed E-state index contributed by atoms with van der Waals surface area (Å²) in [5, 5.41) is 8.50. The summed E-state index contributed by atoms with van der Waals surface area (Å²) in [6, 6.07) is 5.90. The Bertz CT molecular complexity index is 566. The van der Waals surface area contributed by atoms with Crippen LogP contribution in [0.15, 0.2) is 24.5 Å². The van der Waals surface area contributed by atoms with E-state index in [-0.39, 0.29) is 11.7 Å². The van der Waals surface area contributed by atoms with E-state index in [0.717, 1.165) is 18.4 Å². The number of nitrogens with zero attached hydrogens (tertiary/aromatic N) is 3. The summed E-state index contributed by atoms with van der Waals surface area (Å²) in [6.45, 7) is 1.13. The van der Waals surface area contributed by atoms with Gasteiger partial charge < -0.3 is 0 Å². The highest BCUT2D eigenvalue weighted by Gasteiger charge is 2.29. The molecule has 2 heterocycles. The van der Waals surface area contributed by atoms with Crippen molar-refractivity contribution in [3.05, 3.63) is 30.1 Å². The molecule has 1 saturated heterocycles. The molecule has 1 aliphatic rings. The van der Waals surface area contributed by atoms with Crippen LogP contribution in [0.1, 0.15) is 37.2 Å². The Morgan fingerprint density at radius 3 is 2.85 bits per heavy atom. The molecule has 0 N–H and O–H groups in total. The molecule has 1 aliphatic heterocycles. The number of sulfonamides is 1. The van der Waals surface area contributed by atoms with Crippen LogP contribution in [0, 0.1) is 11.3 Å². The van der Waals surface area contributed by atoms with E-state index < -0.39 is 10.0 Å². The van der Waals surface area contributed by atoms with Gasteiger partial charge in [-0.25, -0.2) is 12.7 Å². The monoisotopic (exact) mass is 293 g/mol. The first-order chi connectivity index (χ1) is 9.63. The van der Waals surface area contributed by atoms with Crippen molar-refractivity contribution in [1.82, 2.24) is 9.29 Å². The van der Waals surface area contributed by atoms with Gasteiger partial charge in [-0.15, -0.1) is 0 Å². The number of unbranched alkanes of at least 4 members (excludes halogenated alkanes) is 1. The van der Waals surface area contributed by atoms with Crippen molar-refractivity contribution in [2.45, 2.75) is 31.6 Å². The lowest BCUT2D eigenvalue weighted by atomic mass is 9.92. The molecule has 0 aromatic carbocycles. The third-order valence-corrected chi connectivity index (χ3v) is 5.57. The maximum Gasteiger partial charge on any atom is 0.214 e. The minimum absolute atomic E-state index is 0.0730. The van der Waals surface area contributed by atoms with E-state index in [1.165, 1.54) is 0 Å². The first kappa shape index (κ1) is 14.9. The van der Waals surface area contributed by atoms with E-state index in [9.17, 15) is 8.42 Å². The number of pyridine rings is 1. The number of rotatable bonds is 5. The minimum atomic E-state index is -3.23. The lowest BCUT2D eigenvalue weighted by Gasteiger charge is -2.32. The third kappa shape index (κ3) is 3.78. The molecule has 1 fully saturated rings. The van der Waals surface area contributed by atoms with Gasteiger partial charge in [0.25, 0.3) is 0 Å². The molecular weight excluding hydrogens is 274 g/mol. The molecule has 5 nitrogen and oxygen atoms in total. The molecule has 0 unspecified atom stereocenters. The van der Waals surface area contributed by atoms with Crippen LogP contribution < -0.4 is 0 Å². The zero-order valence-electron chi connectivity index (χ0n) is 11.4. The highest BCUT2D eigenvalue weighted by molar-refractivity contribution is 7.89. The van der Waals surface area contributed by atoms with Crippen LogP contribution in [0.3, 0.4) is 0 Å². The predicted molar refractivity (Wildman–Crippen MR) is 76.4 cm³/mol. The van der Waals surface area contributed by atoms with E-state index >= 15 is 0 Å². The van der Waals surface area contributed by atoms with Crippen LogP contribution in [-0.4, -0.2) is 36.5 Å². The quantitative estimate of drug-likeness (QED) is 0.777. The second kappa shape index (κ2) is 6.82. The van der Waals surface area contributed by atoms with Gasteiger partial charge in [-0.1, -0.05) is 0 Å². The average molecular weight is 293 g/mol. The van der Waals surface area contributed by atoms with Crippen molar-refractivity contribution in [3.8, 4) is 6.07 Å². The summed E-state index contributed by atoms with van der Waals surface area (Å²) in [6.07, 6.45) is 6.08. The SMILES string of the molecule is N#CCCCS(=O)(=O)N1CCC[C@@H](c2ccncc2)C1. The second-order valence-electron chi connectivity index (χ2n) is 5.06. The lowest BCUT2D eigenvalue weighted by molar-refractivity contribution is 0.315. The van der Waals surface area contributed by atoms with Crippen molar-refractivity contribution in [3.63, 3.8) is 0 Å². The minimum Gasteiger partial charge on any atom is -0.265 e. The molecule has 0 bridgehead atoms. The Morgan fingerprint density at radius 2 is 2.15 bits per heavy atom. The Labute approximate surface area is 120 Å². The lowest BCUT2D eigenvalue weighted by Crippen LogP contribution is -2.40. The summed E-state index contributed by atoms with van der Waals surface area (Å²) >= 11 is 0. The van der Waals surface area contributed by atoms with Crippen LogP contribution in [0.5, 0.6) is 0 Å². The van der Waals surface area contributed by atoms with Gasteiger partial charge in [-0.2, -0.15) is 5.26 Å². The second-order valence-corrected chi connectivity index (χ2v) is 7.14. The molecule has 6 heteroatoms. The highest BCUT2D eigenvalue weighted by Crippen LogP contribution is 2.28. The van der Waals surface area contributed by atoms with Gasteiger partial charge in [0.05, 0.1) is 11.8 Å². The first-order valence-corrected chi connectivity index (χ1v) is 8.49. The molecular formula is C14H19N3O2S. The molecule has 2 rings (SSSR count). The van der Waals surface area contributed by atoms with Crippen LogP contribution in [-0.2, 0) is 10.0 Å². The van der Waals surface area contributed by atoms with Crippen LogP contribution in [0.4, 0.5) is 0 Å². The molecule has 1 aromatic rings. The third-order valence-electron chi connectivity index (χ3n) is 3.65. The molecule has 0 radical (unpaired) electrons. The van der Waals surface area contributed by atoms with E-state index in [1.54, 1.807) is 16.7 Å². The molecule has 0 aliphatic carbocycles. The maximum atomic E-state index is 12.2. The molecule has 0 saturated carbocycles. The van der Waals surface area contributed by atoms with Gasteiger partial charge in [-0.05, 0) is 42.9 Å². The topological polar surface area (TPSA) is 74.1 Å². The van der Waals surface area contributed by atoms with E-state index in [1.807, 2.05) is 18.2 Å². The van der Waals surface area contributed by atoms with Crippen molar-refractivity contribution in [2.75, 3.05) is 18.8 Å². The molecule has 0 amide bonds. The van der Waals surface area contributed by atoms with Crippen molar-refractivity contribution in [2.24, 2.45) is 0 Å². The summed E-state index contributed by atoms with van der Waals surface area (Å²) in [7, 11) is -3.23. The van der Waals surface area contributed by atoms with Gasteiger partial charge >= 0.3 is 0 Å². The Kier molecular flexibility index (Phi) is 5.10. The maximum absolute atomic E-state index is 12.2. The molecule has 1 aromatic heterocycles. The molecule has 0 spiro atoms. The number of hydrogen-bond donors (Lipinski definition) is 0. The number of nitriles is 1. The van der Waals surface area contributed by atoms with Crippen molar-refractivity contribution < 1.29 is 8.42 Å². The van der Waals surface area contributed by atoms with Gasteiger partial charge in [0.1, 0.15) is 0 Å². The number of hydrogen-bond acceptors (Lipinski definition) is 4. The average Bonchev–Trinajstić information content (AvgIpc) is 2.48. The standard InChI is InChI=1S/C14H19N3O2S/c15-7-1-2-11-20(18,19)17-10-3-4-14(12-17)13-5-8-16-9-6-13/h5-6,8-9,14H,1-4,10-12H2/t14-/m1/s1. The number of piperidine rings is 1. The summed E-state index contributed by atoms with van der Waals surface area (Å²) < 4.78 is 26.1. The predicted octanol–water partition coefficient (Wildman–Crippen LogP) is 1.89. The number of aromatic nitrogens is 1. The van der Waals surface area contributed by atoms with Gasteiger partial charge in [-0.3, -0.25) is 4.98 Å². The molecule has 20 heavy (non-hydrogen) atoms. The summed E-state index contributed by atoms with van der Waals surface area (Å²) in [5.41, 5.74) is 1.15. The smallest absolute Gasteiger partial charge is 0.214 e. The Balaban J connectivity index is 2.02. The Hall–Kier alpha value is -1.45. The van der Waals surface area contributed by atoms with Crippen molar-refractivity contribution >= 4 is 10.0 Å². The highest BCUT2D eigenvalue weighted by atomic mass is 32.2. The van der Waals surface area contributed by atoms with Crippen LogP contribution >= 0.6 is 0 Å². The normalized spacial score (nSPS) is 20.4. The fourth-order valence-electron chi connectivity index (χ4n) is 2.57. The molecule has 108 valence electrons. The van der Waals surface area contributed by atoms with Crippen molar-refractivity contribution in [1.29, 1.82) is 5.26 Å². The van der Waals surface area contributed by atoms with Gasteiger partial charge in [0.15, 0.2) is 0 Å². The first-order valence-electron chi connectivity index (χ1n) is 6.88. The fourth-order valence-corrected chi connectivity index (χ4v) is 4.15.